The molecule has 1 aliphatic carbocycles. The lowest BCUT2D eigenvalue weighted by molar-refractivity contribution is -0.121. The standard InChI is InChI=1S/C24H29N5O/c1-29(2)22-14-15-25-24(28-22)27-20-12-10-19(11-13-20)26-23(30)16-18-8-5-7-17-6-3-4-9-21(17)18/h3-9,14-15,19-20H,10-13,16H2,1-2H3,(H,26,30)(H,25,27,28)/t19-,20+. The lowest BCUT2D eigenvalue weighted by Crippen LogP contribution is -2.40. The summed E-state index contributed by atoms with van der Waals surface area (Å²) in [5.74, 6) is 1.66. The van der Waals surface area contributed by atoms with Crippen molar-refractivity contribution in [1.82, 2.24) is 15.3 Å². The van der Waals surface area contributed by atoms with Crippen LogP contribution in [0.4, 0.5) is 11.8 Å². The summed E-state index contributed by atoms with van der Waals surface area (Å²) in [5.41, 5.74) is 1.08. The average molecular weight is 404 g/mol. The Bertz CT molecular complexity index is 1010. The molecule has 1 fully saturated rings. The van der Waals surface area contributed by atoms with Crippen LogP contribution >= 0.6 is 0 Å². The van der Waals surface area contributed by atoms with Gasteiger partial charge in [-0.2, -0.15) is 4.98 Å². The quantitative estimate of drug-likeness (QED) is 0.656. The molecule has 0 bridgehead atoms. The molecule has 0 radical (unpaired) electrons. The van der Waals surface area contributed by atoms with E-state index in [0.29, 0.717) is 18.4 Å². The highest BCUT2D eigenvalue weighted by atomic mass is 16.1. The summed E-state index contributed by atoms with van der Waals surface area (Å²) in [5, 5.41) is 9.02. The third-order valence-corrected chi connectivity index (χ3v) is 5.76. The molecule has 0 unspecified atom stereocenters. The number of hydrogen-bond acceptors (Lipinski definition) is 5. The van der Waals surface area contributed by atoms with Crippen LogP contribution < -0.4 is 15.5 Å². The first-order valence-electron chi connectivity index (χ1n) is 10.6. The minimum atomic E-state index is 0.102. The second-order valence-corrected chi connectivity index (χ2v) is 8.21. The Morgan fingerprint density at radius 2 is 1.73 bits per heavy atom. The summed E-state index contributed by atoms with van der Waals surface area (Å²) in [6, 6.07) is 16.9. The molecule has 3 aromatic rings. The number of carbonyl (C=O) groups is 1. The van der Waals surface area contributed by atoms with Crippen molar-refractivity contribution < 1.29 is 4.79 Å². The molecule has 0 atom stereocenters. The summed E-state index contributed by atoms with van der Waals surface area (Å²) in [7, 11) is 3.94. The van der Waals surface area contributed by atoms with Crippen molar-refractivity contribution in [2.45, 2.75) is 44.2 Å². The number of nitrogens with one attached hydrogen (secondary N) is 2. The molecule has 1 aliphatic rings. The van der Waals surface area contributed by atoms with Gasteiger partial charge in [-0.15, -0.1) is 0 Å². The van der Waals surface area contributed by atoms with Crippen LogP contribution in [-0.4, -0.2) is 42.1 Å². The van der Waals surface area contributed by atoms with Gasteiger partial charge >= 0.3 is 0 Å². The van der Waals surface area contributed by atoms with E-state index in [1.807, 2.05) is 49.3 Å². The zero-order chi connectivity index (χ0) is 20.9. The van der Waals surface area contributed by atoms with E-state index >= 15 is 0 Å². The molecule has 1 heterocycles. The Morgan fingerprint density at radius 3 is 2.53 bits per heavy atom. The lowest BCUT2D eigenvalue weighted by atomic mass is 9.91. The number of nitrogens with zero attached hydrogens (tertiary/aromatic N) is 3. The van der Waals surface area contributed by atoms with Crippen LogP contribution in [0.2, 0.25) is 0 Å². The Balaban J connectivity index is 1.28. The summed E-state index contributed by atoms with van der Waals surface area (Å²) in [6.45, 7) is 0. The zero-order valence-corrected chi connectivity index (χ0v) is 17.6. The van der Waals surface area contributed by atoms with Gasteiger partial charge in [0.05, 0.1) is 6.42 Å². The number of anilines is 2. The fourth-order valence-corrected chi connectivity index (χ4v) is 4.13. The Kier molecular flexibility index (Phi) is 6.12. The van der Waals surface area contributed by atoms with E-state index in [9.17, 15) is 4.79 Å². The molecule has 4 rings (SSSR count). The minimum Gasteiger partial charge on any atom is -0.363 e. The first-order valence-corrected chi connectivity index (χ1v) is 10.6. The second-order valence-electron chi connectivity index (χ2n) is 8.21. The van der Waals surface area contributed by atoms with Crippen LogP contribution in [0.25, 0.3) is 10.8 Å². The number of fused-ring (bicyclic) bond motifs is 1. The number of carbonyl (C=O) groups excluding carboxylic acids is 1. The molecule has 0 spiro atoms. The SMILES string of the molecule is CN(C)c1ccnc(N[C@H]2CC[C@@H](NC(=O)Cc3cccc4ccccc34)CC2)n1. The van der Waals surface area contributed by atoms with Crippen LogP contribution in [0, 0.1) is 0 Å². The average Bonchev–Trinajstić information content (AvgIpc) is 2.75. The van der Waals surface area contributed by atoms with Gasteiger partial charge in [-0.05, 0) is 48.1 Å². The van der Waals surface area contributed by atoms with E-state index < -0.39 is 0 Å². The predicted molar refractivity (Wildman–Crippen MR) is 122 cm³/mol. The maximum absolute atomic E-state index is 12.6. The van der Waals surface area contributed by atoms with Gasteiger partial charge in [0.15, 0.2) is 0 Å². The number of hydrogen-bond donors (Lipinski definition) is 2. The number of benzene rings is 2. The van der Waals surface area contributed by atoms with Crippen LogP contribution in [-0.2, 0) is 11.2 Å². The topological polar surface area (TPSA) is 70.2 Å². The first kappa shape index (κ1) is 20.1. The van der Waals surface area contributed by atoms with Crippen molar-refractivity contribution in [2.75, 3.05) is 24.3 Å². The highest BCUT2D eigenvalue weighted by molar-refractivity contribution is 5.90. The fraction of sp³-hybridized carbons (Fsp3) is 0.375. The van der Waals surface area contributed by atoms with Gasteiger partial charge < -0.3 is 15.5 Å². The second kappa shape index (κ2) is 9.11. The van der Waals surface area contributed by atoms with Crippen LogP contribution in [0.15, 0.2) is 54.7 Å². The van der Waals surface area contributed by atoms with Crippen molar-refractivity contribution in [2.24, 2.45) is 0 Å². The molecular weight excluding hydrogens is 374 g/mol. The van der Waals surface area contributed by atoms with Crippen LogP contribution in [0.3, 0.4) is 0 Å². The third-order valence-electron chi connectivity index (χ3n) is 5.76. The lowest BCUT2D eigenvalue weighted by Gasteiger charge is -2.30. The number of aromatic nitrogens is 2. The van der Waals surface area contributed by atoms with Gasteiger partial charge in [0.1, 0.15) is 5.82 Å². The van der Waals surface area contributed by atoms with Crippen LogP contribution in [0.5, 0.6) is 0 Å². The van der Waals surface area contributed by atoms with Gasteiger partial charge in [-0.3, -0.25) is 4.79 Å². The minimum absolute atomic E-state index is 0.102. The maximum atomic E-state index is 12.6. The largest absolute Gasteiger partial charge is 0.363 e. The Morgan fingerprint density at radius 1 is 1.00 bits per heavy atom. The van der Waals surface area contributed by atoms with E-state index in [0.717, 1.165) is 42.5 Å². The van der Waals surface area contributed by atoms with E-state index in [2.05, 4.69) is 38.8 Å². The van der Waals surface area contributed by atoms with Gasteiger partial charge in [0, 0.05) is 32.4 Å². The Labute approximate surface area is 177 Å². The monoisotopic (exact) mass is 403 g/mol. The maximum Gasteiger partial charge on any atom is 0.224 e. The molecule has 1 aromatic heterocycles. The van der Waals surface area contributed by atoms with E-state index in [-0.39, 0.29) is 11.9 Å². The van der Waals surface area contributed by atoms with Crippen molar-refractivity contribution in [3.05, 3.63) is 60.3 Å². The summed E-state index contributed by atoms with van der Waals surface area (Å²) in [6.07, 6.45) is 6.12. The molecule has 6 heteroatoms. The molecule has 0 aliphatic heterocycles. The van der Waals surface area contributed by atoms with E-state index in [4.69, 9.17) is 0 Å². The highest BCUT2D eigenvalue weighted by Crippen LogP contribution is 2.23. The normalized spacial score (nSPS) is 18.7. The summed E-state index contributed by atoms with van der Waals surface area (Å²) < 4.78 is 0. The van der Waals surface area contributed by atoms with E-state index in [1.165, 1.54) is 5.39 Å². The van der Waals surface area contributed by atoms with Gasteiger partial charge in [0.25, 0.3) is 0 Å². The van der Waals surface area contributed by atoms with Gasteiger partial charge in [-0.25, -0.2) is 4.98 Å². The van der Waals surface area contributed by atoms with Gasteiger partial charge in [-0.1, -0.05) is 42.5 Å². The van der Waals surface area contributed by atoms with Crippen molar-refractivity contribution >= 4 is 28.4 Å². The van der Waals surface area contributed by atoms with Crippen molar-refractivity contribution in [1.29, 1.82) is 0 Å². The number of amides is 1. The van der Waals surface area contributed by atoms with Crippen LogP contribution in [0.1, 0.15) is 31.2 Å². The summed E-state index contributed by atoms with van der Waals surface area (Å²) >= 11 is 0. The molecular formula is C24H29N5O. The van der Waals surface area contributed by atoms with E-state index in [1.54, 1.807) is 6.20 Å². The Hall–Kier alpha value is -3.15. The zero-order valence-electron chi connectivity index (χ0n) is 17.6. The molecule has 0 saturated heterocycles. The molecule has 156 valence electrons. The molecule has 1 amide bonds. The molecule has 30 heavy (non-hydrogen) atoms. The molecule has 1 saturated carbocycles. The molecule has 6 nitrogen and oxygen atoms in total. The van der Waals surface area contributed by atoms with Gasteiger partial charge in [0.2, 0.25) is 11.9 Å². The summed E-state index contributed by atoms with van der Waals surface area (Å²) in [4.78, 5) is 23.5. The molecule has 2 aromatic carbocycles. The predicted octanol–water partition coefficient (Wildman–Crippen LogP) is 3.78. The first-order chi connectivity index (χ1) is 14.6. The van der Waals surface area contributed by atoms with Crippen molar-refractivity contribution in [3.8, 4) is 0 Å². The fourth-order valence-electron chi connectivity index (χ4n) is 4.13. The van der Waals surface area contributed by atoms with Crippen molar-refractivity contribution in [3.63, 3.8) is 0 Å². The smallest absolute Gasteiger partial charge is 0.224 e. The third kappa shape index (κ3) is 4.87. The highest BCUT2D eigenvalue weighted by Gasteiger charge is 2.23. The molecule has 2 N–H and O–H groups in total. The number of rotatable bonds is 6.